The van der Waals surface area contributed by atoms with Crippen LogP contribution in [0.15, 0.2) is 0 Å². The summed E-state index contributed by atoms with van der Waals surface area (Å²) in [4.78, 5) is 12.9. The molecule has 0 aromatic carbocycles. The van der Waals surface area contributed by atoms with E-state index in [0.29, 0.717) is 25.0 Å². The lowest BCUT2D eigenvalue weighted by atomic mass is 10.0. The molecule has 1 heterocycles. The van der Waals surface area contributed by atoms with Crippen LogP contribution >= 0.6 is 0 Å². The Kier molecular flexibility index (Phi) is 3.87. The Balaban J connectivity index is 1.88. The largest absolute Gasteiger partial charge is 0.456 e. The molecular weight excluding hydrogens is 242 g/mol. The van der Waals surface area contributed by atoms with Gasteiger partial charge in [0.05, 0.1) is 6.42 Å². The lowest BCUT2D eigenvalue weighted by molar-refractivity contribution is -0.159. The Morgan fingerprint density at radius 1 is 1.50 bits per heavy atom. The molecular formula is C12H20F2N2O2. The minimum atomic E-state index is -3.31. The molecule has 0 aromatic heterocycles. The maximum atomic E-state index is 13.0. The van der Waals surface area contributed by atoms with Gasteiger partial charge in [-0.05, 0) is 32.4 Å². The molecule has 2 N–H and O–H groups in total. The first-order valence-corrected chi connectivity index (χ1v) is 6.43. The standard InChI is InChI=1S/C12H20F2N2O2/c1-16(10-4-2-3-8(10)6-15)7-9-5-12(13,14)11(17)18-9/h8-10H,2-7,15H2,1H3. The third-order valence-electron chi connectivity index (χ3n) is 4.04. The zero-order chi connectivity index (χ0) is 13.3. The monoisotopic (exact) mass is 262 g/mol. The predicted octanol–water partition coefficient (Wildman–Crippen LogP) is 0.996. The van der Waals surface area contributed by atoms with Gasteiger partial charge >= 0.3 is 11.9 Å². The summed E-state index contributed by atoms with van der Waals surface area (Å²) in [6.07, 6.45) is 2.05. The molecule has 0 radical (unpaired) electrons. The van der Waals surface area contributed by atoms with Crippen LogP contribution in [0.1, 0.15) is 25.7 Å². The van der Waals surface area contributed by atoms with E-state index in [9.17, 15) is 13.6 Å². The number of nitrogens with zero attached hydrogens (tertiary/aromatic N) is 1. The fraction of sp³-hybridized carbons (Fsp3) is 0.917. The van der Waals surface area contributed by atoms with E-state index in [4.69, 9.17) is 10.5 Å². The topological polar surface area (TPSA) is 55.6 Å². The van der Waals surface area contributed by atoms with Crippen molar-refractivity contribution in [2.75, 3.05) is 20.1 Å². The second kappa shape index (κ2) is 5.09. The fourth-order valence-corrected chi connectivity index (χ4v) is 3.08. The number of likely N-dealkylation sites (N-methyl/N-ethyl adjacent to an activating group) is 1. The van der Waals surface area contributed by atoms with Gasteiger partial charge in [-0.15, -0.1) is 0 Å². The predicted molar refractivity (Wildman–Crippen MR) is 62.3 cm³/mol. The summed E-state index contributed by atoms with van der Waals surface area (Å²) in [7, 11) is 1.89. The number of nitrogens with two attached hydrogens (primary N) is 1. The van der Waals surface area contributed by atoms with Crippen molar-refractivity contribution in [3.05, 3.63) is 0 Å². The molecule has 0 amide bonds. The van der Waals surface area contributed by atoms with Crippen molar-refractivity contribution in [3.63, 3.8) is 0 Å². The molecule has 1 saturated heterocycles. The summed E-state index contributed by atoms with van der Waals surface area (Å²) < 4.78 is 30.8. The van der Waals surface area contributed by atoms with Gasteiger partial charge in [0.2, 0.25) is 0 Å². The van der Waals surface area contributed by atoms with Gasteiger partial charge in [-0.25, -0.2) is 4.79 Å². The highest BCUT2D eigenvalue weighted by Gasteiger charge is 2.51. The number of esters is 1. The number of halogens is 2. The van der Waals surface area contributed by atoms with Crippen LogP contribution in [-0.4, -0.2) is 49.1 Å². The number of hydrogen-bond acceptors (Lipinski definition) is 4. The van der Waals surface area contributed by atoms with E-state index in [1.54, 1.807) is 0 Å². The second-order valence-corrected chi connectivity index (χ2v) is 5.37. The zero-order valence-electron chi connectivity index (χ0n) is 10.6. The van der Waals surface area contributed by atoms with Gasteiger partial charge in [0.25, 0.3) is 0 Å². The molecule has 2 fully saturated rings. The highest BCUT2D eigenvalue weighted by molar-refractivity contribution is 5.79. The van der Waals surface area contributed by atoms with Gasteiger partial charge in [0.15, 0.2) is 0 Å². The van der Waals surface area contributed by atoms with E-state index in [2.05, 4.69) is 0 Å². The van der Waals surface area contributed by atoms with Gasteiger partial charge in [0, 0.05) is 12.6 Å². The summed E-state index contributed by atoms with van der Waals surface area (Å²) in [5.41, 5.74) is 5.70. The molecule has 0 bridgehead atoms. The first kappa shape index (κ1) is 13.7. The average molecular weight is 262 g/mol. The molecule has 1 saturated carbocycles. The smallest absolute Gasteiger partial charge is 0.377 e. The van der Waals surface area contributed by atoms with Crippen LogP contribution in [0.5, 0.6) is 0 Å². The first-order valence-electron chi connectivity index (χ1n) is 6.43. The van der Waals surface area contributed by atoms with Crippen molar-refractivity contribution in [2.24, 2.45) is 11.7 Å². The van der Waals surface area contributed by atoms with Crippen molar-refractivity contribution in [3.8, 4) is 0 Å². The van der Waals surface area contributed by atoms with Gasteiger partial charge in [-0.2, -0.15) is 8.78 Å². The molecule has 0 aromatic rings. The van der Waals surface area contributed by atoms with Crippen LogP contribution in [0, 0.1) is 5.92 Å². The maximum absolute atomic E-state index is 13.0. The SMILES string of the molecule is CN(CC1CC(F)(F)C(=O)O1)C1CCCC1CN. The minimum absolute atomic E-state index is 0.322. The summed E-state index contributed by atoms with van der Waals surface area (Å²) in [6.45, 7) is 0.984. The average Bonchev–Trinajstić information content (AvgIpc) is 2.84. The third-order valence-corrected chi connectivity index (χ3v) is 4.04. The number of carbonyl (C=O) groups is 1. The number of cyclic esters (lactones) is 1. The Labute approximate surface area is 105 Å². The molecule has 1 aliphatic carbocycles. The number of carbonyl (C=O) groups excluding carboxylic acids is 1. The summed E-state index contributed by atoms with van der Waals surface area (Å²) in [5.74, 6) is -4.27. The van der Waals surface area contributed by atoms with E-state index < -0.39 is 24.4 Å². The summed E-state index contributed by atoms with van der Waals surface area (Å²) in [6, 6.07) is 0.322. The first-order chi connectivity index (χ1) is 8.44. The Morgan fingerprint density at radius 3 is 2.78 bits per heavy atom. The van der Waals surface area contributed by atoms with Crippen molar-refractivity contribution >= 4 is 5.97 Å². The van der Waals surface area contributed by atoms with Crippen LogP contribution < -0.4 is 5.73 Å². The number of ether oxygens (including phenoxy) is 1. The molecule has 3 atom stereocenters. The lowest BCUT2D eigenvalue weighted by Gasteiger charge is -2.30. The van der Waals surface area contributed by atoms with Crippen molar-refractivity contribution in [2.45, 2.75) is 43.8 Å². The van der Waals surface area contributed by atoms with E-state index in [1.807, 2.05) is 11.9 Å². The molecule has 3 unspecified atom stereocenters. The molecule has 2 aliphatic rings. The molecule has 2 rings (SSSR count). The Morgan fingerprint density at radius 2 is 2.22 bits per heavy atom. The van der Waals surface area contributed by atoms with Crippen molar-refractivity contribution < 1.29 is 18.3 Å². The van der Waals surface area contributed by atoms with Gasteiger partial charge in [-0.3, -0.25) is 4.90 Å². The van der Waals surface area contributed by atoms with Crippen LogP contribution in [0.25, 0.3) is 0 Å². The second-order valence-electron chi connectivity index (χ2n) is 5.37. The van der Waals surface area contributed by atoms with E-state index >= 15 is 0 Å². The summed E-state index contributed by atoms with van der Waals surface area (Å²) >= 11 is 0. The number of rotatable bonds is 4. The van der Waals surface area contributed by atoms with Crippen LogP contribution in [-0.2, 0) is 9.53 Å². The number of hydrogen-bond donors (Lipinski definition) is 1. The molecule has 18 heavy (non-hydrogen) atoms. The van der Waals surface area contributed by atoms with Crippen molar-refractivity contribution in [1.29, 1.82) is 0 Å². The number of alkyl halides is 2. The molecule has 6 heteroatoms. The van der Waals surface area contributed by atoms with Crippen molar-refractivity contribution in [1.82, 2.24) is 4.90 Å². The Hall–Kier alpha value is -0.750. The fourth-order valence-electron chi connectivity index (χ4n) is 3.08. The highest BCUT2D eigenvalue weighted by atomic mass is 19.3. The molecule has 104 valence electrons. The van der Waals surface area contributed by atoms with Gasteiger partial charge < -0.3 is 10.5 Å². The summed E-state index contributed by atoms with van der Waals surface area (Å²) in [5, 5.41) is 0. The molecule has 4 nitrogen and oxygen atoms in total. The lowest BCUT2D eigenvalue weighted by Crippen LogP contribution is -2.41. The molecule has 0 spiro atoms. The van der Waals surface area contributed by atoms with E-state index in [-0.39, 0.29) is 0 Å². The third kappa shape index (κ3) is 2.64. The van der Waals surface area contributed by atoms with Crippen LogP contribution in [0.2, 0.25) is 0 Å². The zero-order valence-corrected chi connectivity index (χ0v) is 10.6. The minimum Gasteiger partial charge on any atom is -0.456 e. The van der Waals surface area contributed by atoms with Gasteiger partial charge in [-0.1, -0.05) is 6.42 Å². The van der Waals surface area contributed by atoms with Crippen LogP contribution in [0.3, 0.4) is 0 Å². The van der Waals surface area contributed by atoms with E-state index in [1.165, 1.54) is 0 Å². The van der Waals surface area contributed by atoms with Crippen LogP contribution in [0.4, 0.5) is 8.78 Å². The normalized spacial score (nSPS) is 35.2. The maximum Gasteiger partial charge on any atom is 0.377 e. The van der Waals surface area contributed by atoms with Gasteiger partial charge in [0.1, 0.15) is 6.10 Å². The highest BCUT2D eigenvalue weighted by Crippen LogP contribution is 2.33. The quantitative estimate of drug-likeness (QED) is 0.768. The van der Waals surface area contributed by atoms with E-state index in [0.717, 1.165) is 19.3 Å². The molecule has 1 aliphatic heterocycles. The Bertz CT molecular complexity index is 325.